The summed E-state index contributed by atoms with van der Waals surface area (Å²) in [7, 11) is -2.28. The van der Waals surface area contributed by atoms with Crippen LogP contribution >= 0.6 is 11.3 Å². The number of sulfonamides is 1. The van der Waals surface area contributed by atoms with Crippen LogP contribution in [0.3, 0.4) is 0 Å². The summed E-state index contributed by atoms with van der Waals surface area (Å²) in [4.78, 5) is 12.3. The lowest BCUT2D eigenvalue weighted by Crippen LogP contribution is -2.46. The number of hydrogen-bond acceptors (Lipinski definition) is 6. The molecule has 1 atom stereocenters. The van der Waals surface area contributed by atoms with Crippen molar-refractivity contribution in [2.75, 3.05) is 20.1 Å². The van der Waals surface area contributed by atoms with Crippen molar-refractivity contribution >= 4 is 27.3 Å². The molecule has 196 valence electrons. The maximum Gasteiger partial charge on any atom is 0.303 e. The van der Waals surface area contributed by atoms with Crippen LogP contribution in [0.2, 0.25) is 0 Å². The number of carbonyl (C=O) groups is 1. The minimum Gasteiger partial charge on any atom is -0.481 e. The highest BCUT2D eigenvalue weighted by molar-refractivity contribution is 7.89. The zero-order chi connectivity index (χ0) is 26.1. The molecule has 0 fully saturated rings. The molecule has 1 aromatic heterocycles. The van der Waals surface area contributed by atoms with E-state index in [9.17, 15) is 18.3 Å². The predicted octanol–water partition coefficient (Wildman–Crippen LogP) is 4.09. The summed E-state index contributed by atoms with van der Waals surface area (Å²) >= 11 is 1.76. The first kappa shape index (κ1) is 29.5. The van der Waals surface area contributed by atoms with E-state index < -0.39 is 22.1 Å². The Bertz CT molecular complexity index is 1040. The Morgan fingerprint density at radius 3 is 2.57 bits per heavy atom. The molecule has 0 spiro atoms. The van der Waals surface area contributed by atoms with E-state index in [-0.39, 0.29) is 23.4 Å². The van der Waals surface area contributed by atoms with Gasteiger partial charge in [-0.3, -0.25) is 4.79 Å². The molecule has 1 aromatic carbocycles. The van der Waals surface area contributed by atoms with Crippen molar-refractivity contribution in [2.24, 2.45) is 0 Å². The summed E-state index contributed by atoms with van der Waals surface area (Å²) in [5.74, 6) is -0.837. The molecule has 1 unspecified atom stereocenters. The molecule has 35 heavy (non-hydrogen) atoms. The number of aliphatic hydroxyl groups is 1. The number of likely N-dealkylation sites (N-methyl/N-ethyl adjacent to an activating group) is 1. The zero-order valence-corrected chi connectivity index (χ0v) is 22.9. The van der Waals surface area contributed by atoms with Crippen molar-refractivity contribution in [3.05, 3.63) is 51.7 Å². The van der Waals surface area contributed by atoms with Gasteiger partial charge in [0, 0.05) is 37.0 Å². The molecular weight excluding hydrogens is 484 g/mol. The minimum absolute atomic E-state index is 0.00980. The Morgan fingerprint density at radius 2 is 1.94 bits per heavy atom. The molecule has 0 bridgehead atoms. The Morgan fingerprint density at radius 1 is 1.20 bits per heavy atom. The highest BCUT2D eigenvalue weighted by Gasteiger charge is 2.26. The van der Waals surface area contributed by atoms with Gasteiger partial charge in [0.2, 0.25) is 10.0 Å². The largest absolute Gasteiger partial charge is 0.481 e. The first-order chi connectivity index (χ1) is 16.4. The number of carboxylic acid groups (broad SMARTS) is 1. The highest BCUT2D eigenvalue weighted by Crippen LogP contribution is 2.23. The van der Waals surface area contributed by atoms with Gasteiger partial charge < -0.3 is 15.5 Å². The van der Waals surface area contributed by atoms with E-state index in [1.54, 1.807) is 23.5 Å². The molecule has 9 heteroatoms. The van der Waals surface area contributed by atoms with Gasteiger partial charge >= 0.3 is 5.97 Å². The van der Waals surface area contributed by atoms with Gasteiger partial charge in [0.25, 0.3) is 0 Å². The number of nitrogens with one attached hydrogen (secondary N) is 1. The van der Waals surface area contributed by atoms with Crippen molar-refractivity contribution in [1.82, 2.24) is 9.62 Å². The Labute approximate surface area is 214 Å². The standard InChI is InChI=1S/C26H40N2O5S2/c1-5-21-17-20(9-6-12-25(30)31)13-14-24(21)35(32,33)28(4)19-22(29)18-27-26(2,3)15-7-10-23-11-8-16-34-23/h8,11,13-14,16-17,22,27,29H,5-7,9-10,12,15,18-19H2,1-4H3,(H,30,31). The number of aliphatic carboxylic acids is 1. The second-order valence-electron chi connectivity index (χ2n) is 9.68. The third-order valence-electron chi connectivity index (χ3n) is 6.14. The molecule has 1 heterocycles. The van der Waals surface area contributed by atoms with Gasteiger partial charge in [-0.15, -0.1) is 11.3 Å². The molecule has 0 saturated carbocycles. The normalized spacial score (nSPS) is 13.3. The molecular formula is C26H40N2O5S2. The third-order valence-corrected chi connectivity index (χ3v) is 9.00. The smallest absolute Gasteiger partial charge is 0.303 e. The highest BCUT2D eigenvalue weighted by atomic mass is 32.2. The lowest BCUT2D eigenvalue weighted by molar-refractivity contribution is -0.137. The number of nitrogens with zero attached hydrogens (tertiary/aromatic N) is 1. The monoisotopic (exact) mass is 524 g/mol. The molecule has 0 saturated heterocycles. The maximum absolute atomic E-state index is 13.2. The van der Waals surface area contributed by atoms with E-state index in [4.69, 9.17) is 5.11 Å². The number of aryl methyl sites for hydroxylation is 3. The molecule has 3 N–H and O–H groups in total. The fraction of sp³-hybridized carbons (Fsp3) is 0.577. The van der Waals surface area contributed by atoms with E-state index >= 15 is 0 Å². The van der Waals surface area contributed by atoms with Gasteiger partial charge in [-0.2, -0.15) is 4.31 Å². The first-order valence-electron chi connectivity index (χ1n) is 12.2. The number of rotatable bonds is 16. The number of aliphatic hydroxyl groups excluding tert-OH is 1. The number of thiophene rings is 1. The van der Waals surface area contributed by atoms with Gasteiger partial charge in [-0.05, 0) is 81.0 Å². The van der Waals surface area contributed by atoms with E-state index in [0.29, 0.717) is 31.4 Å². The topological polar surface area (TPSA) is 107 Å². The Hall–Kier alpha value is -1.78. The van der Waals surface area contributed by atoms with Gasteiger partial charge in [0.15, 0.2) is 0 Å². The molecule has 0 aliphatic rings. The van der Waals surface area contributed by atoms with Gasteiger partial charge in [0.05, 0.1) is 11.0 Å². The Kier molecular flexibility index (Phi) is 11.4. The van der Waals surface area contributed by atoms with Gasteiger partial charge in [-0.1, -0.05) is 25.1 Å². The molecule has 2 aromatic rings. The number of hydrogen-bond donors (Lipinski definition) is 3. The second kappa shape index (κ2) is 13.5. The number of β-amino-alcohol motifs (C(OH)–C–C–N with tert-alkyl or cyclic N) is 1. The summed E-state index contributed by atoms with van der Waals surface area (Å²) in [5, 5.41) is 24.9. The Balaban J connectivity index is 1.91. The molecule has 0 aliphatic carbocycles. The van der Waals surface area contributed by atoms with E-state index in [1.807, 2.05) is 13.0 Å². The summed E-state index contributed by atoms with van der Waals surface area (Å²) in [6, 6.07) is 9.40. The van der Waals surface area contributed by atoms with E-state index in [2.05, 4.69) is 36.7 Å². The van der Waals surface area contributed by atoms with Crippen LogP contribution < -0.4 is 5.32 Å². The third kappa shape index (κ3) is 9.65. The average molecular weight is 525 g/mol. The number of carboxylic acids is 1. The number of benzene rings is 1. The molecule has 0 radical (unpaired) electrons. The molecule has 7 nitrogen and oxygen atoms in total. The van der Waals surface area contributed by atoms with E-state index in [1.165, 1.54) is 16.2 Å². The predicted molar refractivity (Wildman–Crippen MR) is 142 cm³/mol. The van der Waals surface area contributed by atoms with Crippen molar-refractivity contribution in [3.63, 3.8) is 0 Å². The minimum atomic E-state index is -3.77. The van der Waals surface area contributed by atoms with Crippen LogP contribution in [0.15, 0.2) is 40.6 Å². The van der Waals surface area contributed by atoms with Crippen LogP contribution in [0.5, 0.6) is 0 Å². The fourth-order valence-electron chi connectivity index (χ4n) is 4.03. The fourth-order valence-corrected chi connectivity index (χ4v) is 6.26. The quantitative estimate of drug-likeness (QED) is 0.305. The van der Waals surface area contributed by atoms with Crippen molar-refractivity contribution < 1.29 is 23.4 Å². The SMILES string of the molecule is CCc1cc(CCCC(=O)O)ccc1S(=O)(=O)N(C)CC(O)CNC(C)(C)CCCc1cccs1. The molecule has 0 amide bonds. The summed E-state index contributed by atoms with van der Waals surface area (Å²) < 4.78 is 27.7. The van der Waals surface area contributed by atoms with Gasteiger partial charge in [-0.25, -0.2) is 8.42 Å². The van der Waals surface area contributed by atoms with Crippen LogP contribution in [0.1, 0.15) is 62.5 Å². The van der Waals surface area contributed by atoms with Crippen molar-refractivity contribution in [2.45, 2.75) is 82.3 Å². The lowest BCUT2D eigenvalue weighted by atomic mass is 9.96. The van der Waals surface area contributed by atoms with Crippen LogP contribution in [0, 0.1) is 0 Å². The summed E-state index contributed by atoms with van der Waals surface area (Å²) in [6.45, 7) is 6.38. The second-order valence-corrected chi connectivity index (χ2v) is 12.7. The summed E-state index contributed by atoms with van der Waals surface area (Å²) in [6.07, 6.45) is 3.90. The molecule has 0 aliphatic heterocycles. The van der Waals surface area contributed by atoms with Crippen LogP contribution in [0.4, 0.5) is 0 Å². The maximum atomic E-state index is 13.2. The average Bonchev–Trinajstić information content (AvgIpc) is 3.30. The van der Waals surface area contributed by atoms with Crippen molar-refractivity contribution in [1.29, 1.82) is 0 Å². The van der Waals surface area contributed by atoms with Crippen molar-refractivity contribution in [3.8, 4) is 0 Å². The molecule has 2 rings (SSSR count). The van der Waals surface area contributed by atoms with Crippen LogP contribution in [0.25, 0.3) is 0 Å². The summed E-state index contributed by atoms with van der Waals surface area (Å²) in [5.41, 5.74) is 1.46. The van der Waals surface area contributed by atoms with E-state index in [0.717, 1.165) is 24.8 Å². The van der Waals surface area contributed by atoms with Crippen LogP contribution in [-0.4, -0.2) is 60.7 Å². The van der Waals surface area contributed by atoms with Gasteiger partial charge in [0.1, 0.15) is 0 Å². The lowest BCUT2D eigenvalue weighted by Gasteiger charge is -2.29. The van der Waals surface area contributed by atoms with Crippen LogP contribution in [-0.2, 0) is 34.1 Å². The zero-order valence-electron chi connectivity index (χ0n) is 21.3. The first-order valence-corrected chi connectivity index (χ1v) is 14.5.